The van der Waals surface area contributed by atoms with Gasteiger partial charge in [-0.25, -0.2) is 14.6 Å². The first kappa shape index (κ1) is 31.9. The van der Waals surface area contributed by atoms with Crippen molar-refractivity contribution in [1.29, 1.82) is 0 Å². The molecule has 6 rings (SSSR count). The maximum atomic E-state index is 13.0. The number of piperidine rings is 1. The first-order chi connectivity index (χ1) is 22.2. The van der Waals surface area contributed by atoms with Crippen LogP contribution in [0.25, 0.3) is 11.1 Å². The van der Waals surface area contributed by atoms with Crippen LogP contribution in [0.4, 0.5) is 24.8 Å². The molecule has 246 valence electrons. The Balaban J connectivity index is 1.13. The largest absolute Gasteiger partial charge is 0.487 e. The second-order valence-electron chi connectivity index (χ2n) is 11.4. The van der Waals surface area contributed by atoms with Crippen molar-refractivity contribution in [3.05, 3.63) is 48.1 Å². The van der Waals surface area contributed by atoms with E-state index in [1.807, 2.05) is 13.0 Å². The van der Waals surface area contributed by atoms with E-state index in [1.54, 1.807) is 40.1 Å². The van der Waals surface area contributed by atoms with Crippen molar-refractivity contribution in [1.82, 2.24) is 44.9 Å². The van der Waals surface area contributed by atoms with Gasteiger partial charge in [-0.3, -0.25) is 4.68 Å². The van der Waals surface area contributed by atoms with Crippen molar-refractivity contribution in [2.45, 2.75) is 63.5 Å². The molecular weight excluding hydrogens is 629 g/mol. The van der Waals surface area contributed by atoms with E-state index in [0.29, 0.717) is 28.9 Å². The van der Waals surface area contributed by atoms with Gasteiger partial charge in [-0.2, -0.15) is 13.2 Å². The Morgan fingerprint density at radius 2 is 1.83 bits per heavy atom. The molecule has 3 aromatic heterocycles. The van der Waals surface area contributed by atoms with Crippen molar-refractivity contribution < 1.29 is 27.4 Å². The van der Waals surface area contributed by atoms with Crippen LogP contribution in [0.2, 0.25) is 5.02 Å². The van der Waals surface area contributed by atoms with E-state index in [0.717, 1.165) is 57.6 Å². The van der Waals surface area contributed by atoms with Gasteiger partial charge >= 0.3 is 6.18 Å². The quantitative estimate of drug-likeness (QED) is 0.234. The molecule has 0 radical (unpaired) electrons. The molecule has 17 heteroatoms. The molecule has 0 bridgehead atoms. The van der Waals surface area contributed by atoms with Crippen LogP contribution in [0.3, 0.4) is 0 Å². The van der Waals surface area contributed by atoms with Crippen molar-refractivity contribution in [2.75, 3.05) is 38.2 Å². The van der Waals surface area contributed by atoms with Gasteiger partial charge in [0.05, 0.1) is 23.8 Å². The van der Waals surface area contributed by atoms with Crippen molar-refractivity contribution in [3.8, 4) is 22.8 Å². The summed E-state index contributed by atoms with van der Waals surface area (Å²) in [5.41, 5.74) is 1.69. The predicted molar refractivity (Wildman–Crippen MR) is 161 cm³/mol. The highest BCUT2D eigenvalue weighted by molar-refractivity contribution is 6.32. The topological polar surface area (TPSA) is 130 Å². The minimum absolute atomic E-state index is 0.0279. The Kier molecular flexibility index (Phi) is 9.84. The smallest absolute Gasteiger partial charge is 0.422 e. The summed E-state index contributed by atoms with van der Waals surface area (Å²) in [6.45, 7) is 4.17. The van der Waals surface area contributed by atoms with E-state index in [1.165, 1.54) is 6.33 Å². The van der Waals surface area contributed by atoms with Crippen LogP contribution in [-0.2, 0) is 11.3 Å². The molecule has 1 atom stereocenters. The lowest BCUT2D eigenvalue weighted by atomic mass is 10.00. The summed E-state index contributed by atoms with van der Waals surface area (Å²) in [6.07, 6.45) is 5.26. The normalized spacial score (nSPS) is 17.6. The number of benzene rings is 1. The van der Waals surface area contributed by atoms with Gasteiger partial charge in [-0.05, 0) is 60.7 Å². The summed E-state index contributed by atoms with van der Waals surface area (Å²) in [4.78, 5) is 11.3. The molecule has 5 heterocycles. The van der Waals surface area contributed by atoms with Gasteiger partial charge in [-0.1, -0.05) is 17.7 Å². The molecule has 0 unspecified atom stereocenters. The van der Waals surface area contributed by atoms with Gasteiger partial charge in [0, 0.05) is 50.3 Å². The van der Waals surface area contributed by atoms with Crippen LogP contribution < -0.4 is 14.8 Å². The average molecular weight is 663 g/mol. The number of ether oxygens (including phenoxy) is 3. The second-order valence-corrected chi connectivity index (χ2v) is 11.8. The maximum absolute atomic E-state index is 13.0. The third-order valence-electron chi connectivity index (χ3n) is 7.98. The zero-order chi connectivity index (χ0) is 32.1. The average Bonchev–Trinajstić information content (AvgIpc) is 3.72. The fourth-order valence-corrected chi connectivity index (χ4v) is 5.85. The summed E-state index contributed by atoms with van der Waals surface area (Å²) >= 11 is 6.38. The first-order valence-corrected chi connectivity index (χ1v) is 15.4. The highest BCUT2D eigenvalue weighted by Gasteiger charge is 2.31. The highest BCUT2D eigenvalue weighted by atomic mass is 35.5. The molecule has 1 N–H and O–H groups in total. The van der Waals surface area contributed by atoms with Gasteiger partial charge in [0.25, 0.3) is 5.88 Å². The Hall–Kier alpha value is -4.02. The number of nitrogens with zero attached hydrogens (tertiary/aromatic N) is 9. The van der Waals surface area contributed by atoms with E-state index in [-0.39, 0.29) is 29.7 Å². The molecule has 0 saturated carbocycles. The molecule has 4 aromatic rings. The van der Waals surface area contributed by atoms with Crippen molar-refractivity contribution in [3.63, 3.8) is 0 Å². The van der Waals surface area contributed by atoms with Gasteiger partial charge in [0.2, 0.25) is 5.95 Å². The first-order valence-electron chi connectivity index (χ1n) is 15.1. The number of rotatable bonds is 11. The number of aromatic nitrogens is 8. The molecule has 0 aliphatic carbocycles. The van der Waals surface area contributed by atoms with E-state index in [4.69, 9.17) is 25.8 Å². The molecular formula is C29H34ClF3N10O3. The van der Waals surface area contributed by atoms with Crippen LogP contribution in [0.15, 0.2) is 43.1 Å². The third kappa shape index (κ3) is 8.22. The Labute approximate surface area is 268 Å². The summed E-state index contributed by atoms with van der Waals surface area (Å²) in [5, 5.41) is 18.9. The van der Waals surface area contributed by atoms with Gasteiger partial charge in [-0.15, -0.1) is 10.2 Å². The van der Waals surface area contributed by atoms with Gasteiger partial charge in [0.15, 0.2) is 6.61 Å². The lowest BCUT2D eigenvalue weighted by Crippen LogP contribution is -2.44. The van der Waals surface area contributed by atoms with Crippen molar-refractivity contribution in [2.24, 2.45) is 0 Å². The molecule has 2 fully saturated rings. The molecule has 2 aliphatic rings. The lowest BCUT2D eigenvalue weighted by Gasteiger charge is -2.39. The fraction of sp³-hybridized carbons (Fsp3) is 0.517. The molecule has 1 aromatic carbocycles. The van der Waals surface area contributed by atoms with Crippen LogP contribution in [0, 0.1) is 0 Å². The molecule has 0 amide bonds. The standard InChI is InChI=1S/C29H34ClF3N10O3/c1-19(15-42-18-36-39-40-42)46-26-12-20(2-3-24(26)30)21-13-34-28(35-14-21)37-25-16-43(38-27(25)45-17-29(31,32)33)23-4-8-41(9-5-23)22-6-10-44-11-7-22/h2-3,12-14,16,18-19,22-23H,4-11,15,17H2,1H3,(H,34,35,37)/t19-/m0/s1. The monoisotopic (exact) mass is 662 g/mol. The number of halogens is 4. The van der Waals surface area contributed by atoms with Crippen LogP contribution in [0.5, 0.6) is 11.6 Å². The molecule has 13 nitrogen and oxygen atoms in total. The van der Waals surface area contributed by atoms with Crippen LogP contribution in [-0.4, -0.2) is 96.1 Å². The van der Waals surface area contributed by atoms with E-state index in [9.17, 15) is 13.2 Å². The Bertz CT molecular complexity index is 1560. The minimum atomic E-state index is -4.51. The summed E-state index contributed by atoms with van der Waals surface area (Å²) < 4.78 is 59.0. The number of likely N-dealkylation sites (tertiary alicyclic amines) is 1. The zero-order valence-corrected chi connectivity index (χ0v) is 25.9. The molecule has 2 aliphatic heterocycles. The SMILES string of the molecule is C[C@@H](Cn1cnnn1)Oc1cc(-c2cnc(Nc3cn(C4CCN(C5CCOCC5)CC4)nc3OCC(F)(F)F)nc2)ccc1Cl. The van der Waals surface area contributed by atoms with Crippen molar-refractivity contribution >= 4 is 23.2 Å². The third-order valence-corrected chi connectivity index (χ3v) is 8.29. The van der Waals surface area contributed by atoms with E-state index in [2.05, 4.69) is 40.8 Å². The van der Waals surface area contributed by atoms with E-state index < -0.39 is 12.8 Å². The molecule has 2 saturated heterocycles. The number of nitrogens with one attached hydrogen (secondary N) is 1. The van der Waals surface area contributed by atoms with Crippen LogP contribution in [0.1, 0.15) is 38.6 Å². The Morgan fingerprint density at radius 3 is 2.52 bits per heavy atom. The maximum Gasteiger partial charge on any atom is 0.422 e. The van der Waals surface area contributed by atoms with Gasteiger partial charge < -0.3 is 24.4 Å². The summed E-state index contributed by atoms with van der Waals surface area (Å²) in [6, 6.07) is 5.85. The predicted octanol–water partition coefficient (Wildman–Crippen LogP) is 4.95. The number of anilines is 2. The summed E-state index contributed by atoms with van der Waals surface area (Å²) in [5.74, 6) is 0.488. The number of hydrogen-bond acceptors (Lipinski definition) is 11. The number of tetrazole rings is 1. The second kappa shape index (κ2) is 14.2. The summed E-state index contributed by atoms with van der Waals surface area (Å²) in [7, 11) is 0. The lowest BCUT2D eigenvalue weighted by molar-refractivity contribution is -0.154. The molecule has 0 spiro atoms. The van der Waals surface area contributed by atoms with Gasteiger partial charge in [0.1, 0.15) is 23.9 Å². The number of alkyl halides is 3. The Morgan fingerprint density at radius 1 is 1.07 bits per heavy atom. The zero-order valence-electron chi connectivity index (χ0n) is 25.1. The highest BCUT2D eigenvalue weighted by Crippen LogP contribution is 2.34. The fourth-order valence-electron chi connectivity index (χ4n) is 5.69. The van der Waals surface area contributed by atoms with Crippen LogP contribution >= 0.6 is 11.6 Å². The minimum Gasteiger partial charge on any atom is -0.487 e. The molecule has 46 heavy (non-hydrogen) atoms. The van der Waals surface area contributed by atoms with E-state index >= 15 is 0 Å². The number of hydrogen-bond donors (Lipinski definition) is 1.